The number of amides is 1. The Morgan fingerprint density at radius 1 is 1.43 bits per heavy atom. The van der Waals surface area contributed by atoms with Crippen LogP contribution in [0.2, 0.25) is 0 Å². The fourth-order valence-corrected chi connectivity index (χ4v) is 2.80. The normalized spacial score (nSPS) is 23.8. The Balaban J connectivity index is 1.76. The minimum Gasteiger partial charge on any atom is -0.497 e. The first-order valence-corrected chi connectivity index (χ1v) is 7.61. The fraction of sp³-hybridized carbons (Fsp3) is 0.412. The maximum atomic E-state index is 14.3. The molecule has 1 aromatic carbocycles. The molecule has 1 aliphatic rings. The zero-order valence-electron chi connectivity index (χ0n) is 13.1. The lowest BCUT2D eigenvalue weighted by molar-refractivity contribution is -0.129. The van der Waals surface area contributed by atoms with Gasteiger partial charge in [-0.05, 0) is 30.7 Å². The summed E-state index contributed by atoms with van der Waals surface area (Å²) >= 11 is 0. The van der Waals surface area contributed by atoms with Crippen LogP contribution >= 0.6 is 0 Å². The average Bonchev–Trinajstić information content (AvgIpc) is 2.87. The molecule has 23 heavy (non-hydrogen) atoms. The monoisotopic (exact) mass is 318 g/mol. The van der Waals surface area contributed by atoms with E-state index in [4.69, 9.17) is 9.47 Å². The Hall–Kier alpha value is -2.37. The molecule has 5 nitrogen and oxygen atoms in total. The summed E-state index contributed by atoms with van der Waals surface area (Å²) in [5.74, 6) is 0.795. The lowest BCUT2D eigenvalue weighted by atomic mass is 9.99. The number of pyridine rings is 1. The van der Waals surface area contributed by atoms with Crippen LogP contribution in [0.4, 0.5) is 4.39 Å². The average molecular weight is 318 g/mol. The van der Waals surface area contributed by atoms with Gasteiger partial charge in [0.15, 0.2) is 5.67 Å². The van der Waals surface area contributed by atoms with E-state index >= 15 is 0 Å². The number of aromatic nitrogens is 1. The molecule has 2 aromatic rings. The maximum absolute atomic E-state index is 14.3. The molecule has 2 heterocycles. The fourth-order valence-electron chi connectivity index (χ4n) is 2.80. The van der Waals surface area contributed by atoms with Crippen LogP contribution in [0.5, 0.6) is 11.5 Å². The maximum Gasteiger partial charge on any atom is 0.258 e. The quantitative estimate of drug-likeness (QED) is 0.920. The molecule has 1 aliphatic heterocycles. The highest BCUT2D eigenvalue weighted by Crippen LogP contribution is 2.31. The van der Waals surface area contributed by atoms with Crippen LogP contribution in [0.15, 0.2) is 30.5 Å². The van der Waals surface area contributed by atoms with Gasteiger partial charge in [-0.1, -0.05) is 6.92 Å². The molecule has 2 atom stereocenters. The lowest BCUT2D eigenvalue weighted by Crippen LogP contribution is -2.34. The molecule has 0 unspecified atom stereocenters. The Morgan fingerprint density at radius 3 is 2.96 bits per heavy atom. The van der Waals surface area contributed by atoms with Gasteiger partial charge in [0.05, 0.1) is 18.7 Å². The van der Waals surface area contributed by atoms with Crippen molar-refractivity contribution in [1.29, 1.82) is 0 Å². The van der Waals surface area contributed by atoms with Crippen LogP contribution in [0.3, 0.4) is 0 Å². The summed E-state index contributed by atoms with van der Waals surface area (Å²) in [7, 11) is 1.59. The van der Waals surface area contributed by atoms with Crippen LogP contribution in [0.1, 0.15) is 19.8 Å². The number of nitrogens with one attached hydrogen (secondary N) is 1. The molecule has 0 radical (unpaired) electrons. The molecular weight excluding hydrogens is 299 g/mol. The molecule has 1 saturated heterocycles. The summed E-state index contributed by atoms with van der Waals surface area (Å²) in [6.07, 6.45) is 1.96. The molecule has 1 amide bonds. The Kier molecular flexibility index (Phi) is 4.07. The van der Waals surface area contributed by atoms with E-state index < -0.39 is 11.6 Å². The first-order chi connectivity index (χ1) is 11.1. The zero-order chi connectivity index (χ0) is 16.4. The number of nitrogens with zero attached hydrogens (tertiary/aromatic N) is 1. The highest BCUT2D eigenvalue weighted by Gasteiger charge is 2.46. The van der Waals surface area contributed by atoms with Crippen molar-refractivity contribution in [1.82, 2.24) is 10.3 Å². The van der Waals surface area contributed by atoms with Gasteiger partial charge in [0.2, 0.25) is 0 Å². The first kappa shape index (κ1) is 15.5. The third-order valence-electron chi connectivity index (χ3n) is 4.22. The second-order valence-corrected chi connectivity index (χ2v) is 5.70. The lowest BCUT2D eigenvalue weighted by Gasteiger charge is -2.15. The third kappa shape index (κ3) is 2.93. The van der Waals surface area contributed by atoms with Gasteiger partial charge in [0.1, 0.15) is 18.1 Å². The van der Waals surface area contributed by atoms with Gasteiger partial charge in [-0.15, -0.1) is 0 Å². The second-order valence-electron chi connectivity index (χ2n) is 5.70. The minimum absolute atomic E-state index is 0.134. The Labute approximate surface area is 133 Å². The van der Waals surface area contributed by atoms with Crippen molar-refractivity contribution >= 4 is 16.8 Å². The largest absolute Gasteiger partial charge is 0.497 e. The van der Waals surface area contributed by atoms with Gasteiger partial charge in [-0.25, -0.2) is 4.39 Å². The summed E-state index contributed by atoms with van der Waals surface area (Å²) < 4.78 is 25.3. The van der Waals surface area contributed by atoms with E-state index in [-0.39, 0.29) is 25.5 Å². The summed E-state index contributed by atoms with van der Waals surface area (Å²) in [5, 5.41) is 3.47. The van der Waals surface area contributed by atoms with E-state index in [9.17, 15) is 9.18 Å². The Morgan fingerprint density at radius 2 is 2.26 bits per heavy atom. The summed E-state index contributed by atoms with van der Waals surface area (Å²) in [6.45, 7) is 1.89. The topological polar surface area (TPSA) is 60.5 Å². The molecule has 0 aliphatic carbocycles. The standard InChI is InChI=1S/C17H19FN2O3/c1-3-17(18)9-11(20-16(17)21)10-23-15-6-7-19-14-5-4-12(22-2)8-13(14)15/h4-8,11H,3,9-10H2,1-2H3,(H,20,21)/t11-,17+/m0/s1. The molecule has 1 fully saturated rings. The Bertz CT molecular complexity index is 737. The number of carbonyl (C=O) groups is 1. The number of rotatable bonds is 5. The van der Waals surface area contributed by atoms with E-state index in [0.29, 0.717) is 11.5 Å². The van der Waals surface area contributed by atoms with Crippen LogP contribution in [-0.4, -0.2) is 36.3 Å². The highest BCUT2D eigenvalue weighted by molar-refractivity contribution is 5.88. The predicted octanol–water partition coefficient (Wildman–Crippen LogP) is 2.63. The smallest absolute Gasteiger partial charge is 0.258 e. The van der Waals surface area contributed by atoms with E-state index in [1.54, 1.807) is 26.3 Å². The van der Waals surface area contributed by atoms with Gasteiger partial charge in [0, 0.05) is 18.0 Å². The van der Waals surface area contributed by atoms with Crippen molar-refractivity contribution in [2.45, 2.75) is 31.5 Å². The number of benzene rings is 1. The number of halogens is 1. The van der Waals surface area contributed by atoms with Gasteiger partial charge >= 0.3 is 0 Å². The number of fused-ring (bicyclic) bond motifs is 1. The number of methoxy groups -OCH3 is 1. The molecule has 0 saturated carbocycles. The van der Waals surface area contributed by atoms with Gasteiger partial charge < -0.3 is 14.8 Å². The molecule has 1 N–H and O–H groups in total. The molecule has 0 bridgehead atoms. The number of carbonyl (C=O) groups excluding carboxylic acids is 1. The van der Waals surface area contributed by atoms with Crippen LogP contribution in [0, 0.1) is 0 Å². The number of hydrogen-bond donors (Lipinski definition) is 1. The van der Waals surface area contributed by atoms with Crippen LogP contribution in [0.25, 0.3) is 10.9 Å². The summed E-state index contributed by atoms with van der Waals surface area (Å²) in [4.78, 5) is 16.0. The molecule has 0 spiro atoms. The SMILES string of the molecule is CC[C@@]1(F)C[C@@H](COc2ccnc3ccc(OC)cc23)NC1=O. The van der Waals surface area contributed by atoms with E-state index in [1.807, 2.05) is 18.2 Å². The predicted molar refractivity (Wildman–Crippen MR) is 84.5 cm³/mol. The number of ether oxygens (including phenoxy) is 2. The van der Waals surface area contributed by atoms with Crippen molar-refractivity contribution in [3.63, 3.8) is 0 Å². The van der Waals surface area contributed by atoms with E-state index in [2.05, 4.69) is 10.3 Å². The van der Waals surface area contributed by atoms with Crippen LogP contribution < -0.4 is 14.8 Å². The summed E-state index contributed by atoms with van der Waals surface area (Å²) in [6, 6.07) is 6.94. The molecule has 6 heteroatoms. The van der Waals surface area contributed by atoms with E-state index in [0.717, 1.165) is 10.9 Å². The highest BCUT2D eigenvalue weighted by atomic mass is 19.1. The van der Waals surface area contributed by atoms with Gasteiger partial charge in [-0.3, -0.25) is 9.78 Å². The number of alkyl halides is 1. The van der Waals surface area contributed by atoms with Crippen molar-refractivity contribution in [3.8, 4) is 11.5 Å². The van der Waals surface area contributed by atoms with Crippen molar-refractivity contribution < 1.29 is 18.7 Å². The van der Waals surface area contributed by atoms with Crippen molar-refractivity contribution in [3.05, 3.63) is 30.5 Å². The van der Waals surface area contributed by atoms with Crippen LogP contribution in [-0.2, 0) is 4.79 Å². The minimum atomic E-state index is -1.78. The second kappa shape index (κ2) is 6.02. The van der Waals surface area contributed by atoms with Crippen molar-refractivity contribution in [2.75, 3.05) is 13.7 Å². The van der Waals surface area contributed by atoms with Crippen molar-refractivity contribution in [2.24, 2.45) is 0 Å². The third-order valence-corrected chi connectivity index (χ3v) is 4.22. The first-order valence-electron chi connectivity index (χ1n) is 7.61. The molecule has 122 valence electrons. The summed E-state index contributed by atoms with van der Waals surface area (Å²) in [5.41, 5.74) is -0.996. The van der Waals surface area contributed by atoms with Gasteiger partial charge in [-0.2, -0.15) is 0 Å². The molecule has 3 rings (SSSR count). The number of hydrogen-bond acceptors (Lipinski definition) is 4. The van der Waals surface area contributed by atoms with Gasteiger partial charge in [0.25, 0.3) is 5.91 Å². The molecule has 1 aromatic heterocycles. The molecular formula is C17H19FN2O3. The van der Waals surface area contributed by atoms with E-state index in [1.165, 1.54) is 0 Å². The zero-order valence-corrected chi connectivity index (χ0v) is 13.1.